The van der Waals surface area contributed by atoms with Crippen molar-refractivity contribution < 1.29 is 62.3 Å². The summed E-state index contributed by atoms with van der Waals surface area (Å²) < 4.78 is 33.6. The topological polar surface area (TPSA) is 230 Å². The highest BCUT2D eigenvalue weighted by atomic mass is 35.5. The Hall–Kier alpha value is -5.37. The fourth-order valence-corrected chi connectivity index (χ4v) is 9.15. The lowest BCUT2D eigenvalue weighted by Gasteiger charge is -2.19. The maximum atomic E-state index is 11.9. The number of hydrogen-bond acceptors (Lipinski definition) is 15. The molecule has 3 aromatic heterocycles. The summed E-state index contributed by atoms with van der Waals surface area (Å²) in [5.74, 6) is -3.17. The van der Waals surface area contributed by atoms with Gasteiger partial charge in [0.25, 0.3) is 11.8 Å². The van der Waals surface area contributed by atoms with Gasteiger partial charge in [0, 0.05) is 45.3 Å². The minimum Gasteiger partial charge on any atom is -0.480 e. The van der Waals surface area contributed by atoms with Crippen molar-refractivity contribution in [2.75, 3.05) is 26.9 Å². The zero-order chi connectivity index (χ0) is 47.0. The molecule has 3 aromatic carbocycles. The quantitative estimate of drug-likeness (QED) is 0.0767. The van der Waals surface area contributed by atoms with Crippen LogP contribution < -0.4 is 25.7 Å². The lowest BCUT2D eigenvalue weighted by Crippen LogP contribution is -2.27. The van der Waals surface area contributed by atoms with E-state index in [1.807, 2.05) is 0 Å². The van der Waals surface area contributed by atoms with Crippen molar-refractivity contribution in [3.8, 4) is 17.2 Å². The van der Waals surface area contributed by atoms with Crippen LogP contribution in [-0.2, 0) is 28.6 Å². The second-order valence-electron chi connectivity index (χ2n) is 14.9. The molecule has 21 heteroatoms. The van der Waals surface area contributed by atoms with Crippen molar-refractivity contribution in [2.24, 2.45) is 11.5 Å². The highest BCUT2D eigenvalue weighted by Crippen LogP contribution is 2.41. The minimum atomic E-state index is -1.13. The third-order valence-electron chi connectivity index (χ3n) is 7.49. The summed E-state index contributed by atoms with van der Waals surface area (Å²) in [4.78, 5) is 69.6. The van der Waals surface area contributed by atoms with Crippen LogP contribution >= 0.6 is 68.8 Å². The van der Waals surface area contributed by atoms with Gasteiger partial charge in [0.05, 0.1) is 7.11 Å². The van der Waals surface area contributed by atoms with Crippen LogP contribution in [0.4, 0.5) is 0 Å². The smallest absolute Gasteiger partial charge is 0.351 e. The van der Waals surface area contributed by atoms with Gasteiger partial charge >= 0.3 is 23.9 Å². The molecule has 0 unspecified atom stereocenters. The molecule has 336 valence electrons. The van der Waals surface area contributed by atoms with E-state index < -0.39 is 53.5 Å². The number of amides is 2. The van der Waals surface area contributed by atoms with Crippen molar-refractivity contribution >= 4 is 135 Å². The normalized spacial score (nSPS) is 11.1. The molecule has 63 heavy (non-hydrogen) atoms. The fourth-order valence-electron chi connectivity index (χ4n) is 5.26. The maximum absolute atomic E-state index is 11.9. The Morgan fingerprint density at radius 3 is 1.17 bits per heavy atom. The molecular weight excluding hydrogens is 943 g/mol. The molecule has 6 aromatic rings. The number of primary amides is 2. The molecule has 0 atom stereocenters. The number of carboxylic acid groups (broad SMARTS) is 1. The molecule has 3 heterocycles. The van der Waals surface area contributed by atoms with Gasteiger partial charge in [-0.1, -0.05) is 34.8 Å². The zero-order valence-corrected chi connectivity index (χ0v) is 39.4. The number of carbonyl (C=O) groups excluding carboxylic acids is 5. The van der Waals surface area contributed by atoms with Gasteiger partial charge in [0.1, 0.15) is 21.0 Å². The van der Waals surface area contributed by atoms with Crippen LogP contribution in [0.25, 0.3) is 30.3 Å². The summed E-state index contributed by atoms with van der Waals surface area (Å²) in [6.45, 7) is 9.48. The highest BCUT2D eigenvalue weighted by molar-refractivity contribution is 7.22. The van der Waals surface area contributed by atoms with E-state index in [9.17, 15) is 28.8 Å². The number of hydrogen-bond donors (Lipinski definition) is 3. The van der Waals surface area contributed by atoms with Crippen molar-refractivity contribution in [3.05, 3.63) is 84.3 Å². The van der Waals surface area contributed by atoms with Crippen LogP contribution in [0.1, 0.15) is 70.6 Å². The van der Waals surface area contributed by atoms with E-state index in [0.717, 1.165) is 25.4 Å². The van der Waals surface area contributed by atoms with Crippen molar-refractivity contribution in [1.82, 2.24) is 0 Å². The van der Waals surface area contributed by atoms with E-state index in [1.54, 1.807) is 96.1 Å². The molecule has 0 aliphatic rings. The second-order valence-corrected chi connectivity index (χ2v) is 19.3. The van der Waals surface area contributed by atoms with Crippen LogP contribution in [0.3, 0.4) is 0 Å². The number of esters is 3. The van der Waals surface area contributed by atoms with Gasteiger partial charge in [-0.2, -0.15) is 0 Å². The van der Waals surface area contributed by atoms with E-state index in [2.05, 4.69) is 0 Å². The number of carboxylic acids is 1. The third-order valence-corrected chi connectivity index (χ3v) is 11.6. The summed E-state index contributed by atoms with van der Waals surface area (Å²) >= 11 is 21.2. The molecule has 0 spiro atoms. The molecule has 0 saturated carbocycles. The fraction of sp³-hybridized carbons (Fsp3) is 0.286. The van der Waals surface area contributed by atoms with Gasteiger partial charge in [-0.3, -0.25) is 9.59 Å². The summed E-state index contributed by atoms with van der Waals surface area (Å²) in [7, 11) is 1.29. The monoisotopic (exact) mass is 982 g/mol. The minimum absolute atomic E-state index is 0.188. The molecule has 0 aliphatic carbocycles. The molecule has 6 rings (SSSR count). The van der Waals surface area contributed by atoms with Gasteiger partial charge in [0.2, 0.25) is 0 Å². The Bertz CT molecular complexity index is 2700. The van der Waals surface area contributed by atoms with Gasteiger partial charge in [-0.15, -0.1) is 34.0 Å². The SMILES string of the molecule is CC(C)(C)OC(=O)COc1c(C(N)=O)sc2cc(Cl)ccc12.COC(=O)c1sc2cc(Cl)ccc2c1OCC(=O)OC(C)(C)C.NC(=O)c1sc2cc(Cl)ccc2c1OCC(=O)O. The molecule has 0 fully saturated rings. The Labute approximate surface area is 387 Å². The zero-order valence-electron chi connectivity index (χ0n) is 34.7. The Kier molecular flexibility index (Phi) is 17.0. The predicted molar refractivity (Wildman–Crippen MR) is 245 cm³/mol. The standard InChI is InChI=1S/C16H17ClO5S.C15H16ClNO4S.C11H8ClNO4S/c1-16(2,3)22-12(18)8-21-13-10-6-5-9(17)7-11(10)23-14(13)15(19)20-4;1-15(2,3)21-11(18)7-20-12-9-5-4-8(16)6-10(9)22-13(12)14(17)19;12-5-1-2-6-7(3-5)18-10(11(13)16)9(6)17-4-8(14)15/h5-7H,8H2,1-4H3;4-6H,7H2,1-3H3,(H2,17,19);1-3H,4H2,(H2,13,16)(H,14,15). The van der Waals surface area contributed by atoms with Crippen LogP contribution in [0.5, 0.6) is 17.2 Å². The Morgan fingerprint density at radius 1 is 0.556 bits per heavy atom. The van der Waals surface area contributed by atoms with Gasteiger partial charge in [0.15, 0.2) is 41.9 Å². The number of carbonyl (C=O) groups is 6. The lowest BCUT2D eigenvalue weighted by molar-refractivity contribution is -0.158. The van der Waals surface area contributed by atoms with Crippen LogP contribution in [0.2, 0.25) is 15.1 Å². The summed E-state index contributed by atoms with van der Waals surface area (Å²) in [6, 6.07) is 15.3. The average molecular weight is 984 g/mol. The summed E-state index contributed by atoms with van der Waals surface area (Å²) in [5.41, 5.74) is 9.40. The lowest BCUT2D eigenvalue weighted by atomic mass is 10.2. The first-order valence-corrected chi connectivity index (χ1v) is 21.8. The first kappa shape index (κ1) is 50.3. The van der Waals surface area contributed by atoms with E-state index in [1.165, 1.54) is 29.8 Å². The van der Waals surface area contributed by atoms with Crippen molar-refractivity contribution in [2.45, 2.75) is 52.7 Å². The molecule has 0 saturated heterocycles. The van der Waals surface area contributed by atoms with E-state index >= 15 is 0 Å². The Balaban J connectivity index is 0.000000209. The highest BCUT2D eigenvalue weighted by Gasteiger charge is 2.25. The molecule has 5 N–H and O–H groups in total. The van der Waals surface area contributed by atoms with Crippen LogP contribution in [0, 0.1) is 0 Å². The molecule has 0 bridgehead atoms. The van der Waals surface area contributed by atoms with Gasteiger partial charge < -0.3 is 45.0 Å². The molecule has 2 amide bonds. The number of nitrogens with two attached hydrogens (primary N) is 2. The molecule has 0 radical (unpaired) electrons. The predicted octanol–water partition coefficient (Wildman–Crippen LogP) is 9.55. The first-order valence-electron chi connectivity index (χ1n) is 18.2. The van der Waals surface area contributed by atoms with Crippen LogP contribution in [0.15, 0.2) is 54.6 Å². The number of halogens is 3. The third kappa shape index (κ3) is 14.3. The number of methoxy groups -OCH3 is 1. The molecular formula is C42H41Cl3N2O13S3. The van der Waals surface area contributed by atoms with Crippen LogP contribution in [-0.4, -0.2) is 78.9 Å². The van der Waals surface area contributed by atoms with Gasteiger partial charge in [-0.25, -0.2) is 19.2 Å². The average Bonchev–Trinajstić information content (AvgIpc) is 3.84. The Morgan fingerprint density at radius 2 is 0.873 bits per heavy atom. The summed E-state index contributed by atoms with van der Waals surface area (Å²) in [6.07, 6.45) is 0. The van der Waals surface area contributed by atoms with E-state index in [4.69, 9.17) is 79.8 Å². The van der Waals surface area contributed by atoms with Crippen molar-refractivity contribution in [3.63, 3.8) is 0 Å². The number of benzene rings is 3. The molecule has 15 nitrogen and oxygen atoms in total. The number of ether oxygens (including phenoxy) is 6. The number of rotatable bonds is 12. The van der Waals surface area contributed by atoms with E-state index in [-0.39, 0.29) is 39.3 Å². The van der Waals surface area contributed by atoms with E-state index in [0.29, 0.717) is 37.0 Å². The first-order chi connectivity index (χ1) is 29.4. The summed E-state index contributed by atoms with van der Waals surface area (Å²) in [5, 5.41) is 12.2. The maximum Gasteiger partial charge on any atom is 0.351 e. The second kappa shape index (κ2) is 21.3. The number of aliphatic carboxylic acids is 1. The van der Waals surface area contributed by atoms with Gasteiger partial charge in [-0.05, 0) is 96.1 Å². The number of thiophene rings is 3. The number of fused-ring (bicyclic) bond motifs is 3. The largest absolute Gasteiger partial charge is 0.480 e. The molecule has 0 aliphatic heterocycles. The van der Waals surface area contributed by atoms with Crippen molar-refractivity contribution in [1.29, 1.82) is 0 Å².